The molecule has 0 atom stereocenters. The van der Waals surface area contributed by atoms with Crippen molar-refractivity contribution >= 4 is 17.3 Å². The van der Waals surface area contributed by atoms with Crippen molar-refractivity contribution < 1.29 is 4.52 Å². The van der Waals surface area contributed by atoms with E-state index in [1.54, 1.807) is 11.3 Å². The first-order valence-corrected chi connectivity index (χ1v) is 5.33. The number of hydrogen-bond acceptors (Lipinski definition) is 5. The zero-order valence-corrected chi connectivity index (χ0v) is 8.46. The third kappa shape index (κ3) is 2.32. The zero-order valence-electron chi connectivity index (χ0n) is 7.64. The summed E-state index contributed by atoms with van der Waals surface area (Å²) in [5.41, 5.74) is 5.33. The van der Waals surface area contributed by atoms with Gasteiger partial charge in [-0.3, -0.25) is 0 Å². The van der Waals surface area contributed by atoms with E-state index in [4.69, 9.17) is 10.3 Å². The number of thiophene rings is 1. The molecule has 0 aliphatic carbocycles. The van der Waals surface area contributed by atoms with Crippen LogP contribution in [0.15, 0.2) is 22.0 Å². The zero-order chi connectivity index (χ0) is 9.80. The van der Waals surface area contributed by atoms with Crippen LogP contribution in [0.2, 0.25) is 0 Å². The van der Waals surface area contributed by atoms with Crippen LogP contribution in [0.3, 0.4) is 0 Å². The molecule has 0 radical (unpaired) electrons. The Hall–Kier alpha value is -1.36. The fourth-order valence-electron chi connectivity index (χ4n) is 1.24. The lowest BCUT2D eigenvalue weighted by Crippen LogP contribution is -1.90. The molecule has 4 nitrogen and oxygen atoms in total. The largest absolute Gasteiger partial charge is 0.365 e. The quantitative estimate of drug-likeness (QED) is 0.835. The summed E-state index contributed by atoms with van der Waals surface area (Å²) in [5.74, 6) is 0.843. The van der Waals surface area contributed by atoms with Crippen LogP contribution in [-0.4, -0.2) is 10.1 Å². The van der Waals surface area contributed by atoms with Gasteiger partial charge >= 0.3 is 0 Å². The van der Waals surface area contributed by atoms with Gasteiger partial charge in [0.1, 0.15) is 0 Å². The number of anilines is 1. The minimum atomic E-state index is 0.219. The molecule has 2 aromatic heterocycles. The molecule has 0 aromatic carbocycles. The Balaban J connectivity index is 1.78. The summed E-state index contributed by atoms with van der Waals surface area (Å²) in [5, 5.41) is 5.61. The molecule has 74 valence electrons. The molecule has 2 heterocycles. The summed E-state index contributed by atoms with van der Waals surface area (Å²) in [7, 11) is 0. The minimum Gasteiger partial charge on any atom is -0.365 e. The Bertz CT molecular complexity index is 382. The predicted octanol–water partition coefficient (Wildman–Crippen LogP) is 1.89. The lowest BCUT2D eigenvalue weighted by molar-refractivity contribution is 0.376. The van der Waals surface area contributed by atoms with Gasteiger partial charge in [-0.15, -0.1) is 11.3 Å². The van der Waals surface area contributed by atoms with Gasteiger partial charge in [-0.2, -0.15) is 4.98 Å². The number of rotatable bonds is 4. The average Bonchev–Trinajstić information content (AvgIpc) is 2.77. The summed E-state index contributed by atoms with van der Waals surface area (Å²) >= 11 is 1.77. The molecule has 0 aliphatic heterocycles. The summed E-state index contributed by atoms with van der Waals surface area (Å²) in [4.78, 5) is 5.32. The van der Waals surface area contributed by atoms with Crippen molar-refractivity contribution in [2.24, 2.45) is 0 Å². The SMILES string of the molecule is Nc1noc(CCCc2cccs2)n1. The van der Waals surface area contributed by atoms with E-state index < -0.39 is 0 Å². The van der Waals surface area contributed by atoms with Crippen LogP contribution >= 0.6 is 11.3 Å². The van der Waals surface area contributed by atoms with Gasteiger partial charge in [0, 0.05) is 11.3 Å². The molecule has 2 rings (SSSR count). The number of hydrogen-bond donors (Lipinski definition) is 1. The molecule has 14 heavy (non-hydrogen) atoms. The number of aryl methyl sites for hydroxylation is 2. The molecule has 0 unspecified atom stereocenters. The standard InChI is InChI=1S/C9H11N3OS/c10-9-11-8(13-12-9)5-1-3-7-4-2-6-14-7/h2,4,6H,1,3,5H2,(H2,10,12). The molecule has 0 saturated heterocycles. The van der Waals surface area contributed by atoms with Crippen LogP contribution in [-0.2, 0) is 12.8 Å². The Morgan fingerprint density at radius 3 is 3.00 bits per heavy atom. The van der Waals surface area contributed by atoms with Crippen molar-refractivity contribution in [2.45, 2.75) is 19.3 Å². The second-order valence-corrected chi connectivity index (χ2v) is 4.01. The van der Waals surface area contributed by atoms with E-state index in [0.29, 0.717) is 5.89 Å². The fraction of sp³-hybridized carbons (Fsp3) is 0.333. The van der Waals surface area contributed by atoms with Crippen LogP contribution in [0.5, 0.6) is 0 Å². The second kappa shape index (κ2) is 4.23. The van der Waals surface area contributed by atoms with E-state index in [1.165, 1.54) is 4.88 Å². The van der Waals surface area contributed by atoms with Gasteiger partial charge in [0.2, 0.25) is 5.89 Å². The maximum absolute atomic E-state index is 5.33. The highest BCUT2D eigenvalue weighted by Crippen LogP contribution is 2.12. The van der Waals surface area contributed by atoms with Crippen LogP contribution in [0.4, 0.5) is 5.95 Å². The van der Waals surface area contributed by atoms with Crippen LogP contribution in [0, 0.1) is 0 Å². The van der Waals surface area contributed by atoms with E-state index >= 15 is 0 Å². The summed E-state index contributed by atoms with van der Waals surface area (Å²) in [6, 6.07) is 4.19. The van der Waals surface area contributed by atoms with Crippen LogP contribution in [0.1, 0.15) is 17.2 Å². The van der Waals surface area contributed by atoms with Crippen LogP contribution in [0.25, 0.3) is 0 Å². The van der Waals surface area contributed by atoms with Gasteiger partial charge in [-0.25, -0.2) is 0 Å². The van der Waals surface area contributed by atoms with Gasteiger partial charge in [0.05, 0.1) is 0 Å². The molecule has 0 fully saturated rings. The minimum absolute atomic E-state index is 0.219. The number of aromatic nitrogens is 2. The first-order chi connectivity index (χ1) is 6.84. The Kier molecular flexibility index (Phi) is 2.78. The highest BCUT2D eigenvalue weighted by Gasteiger charge is 2.02. The number of nitrogens with two attached hydrogens (primary N) is 1. The molecular weight excluding hydrogens is 198 g/mol. The van der Waals surface area contributed by atoms with E-state index in [9.17, 15) is 0 Å². The normalized spacial score (nSPS) is 10.6. The van der Waals surface area contributed by atoms with Crippen molar-refractivity contribution in [1.82, 2.24) is 10.1 Å². The first-order valence-electron chi connectivity index (χ1n) is 4.45. The lowest BCUT2D eigenvalue weighted by atomic mass is 10.2. The summed E-state index contributed by atoms with van der Waals surface area (Å²) in [6.07, 6.45) is 2.87. The molecule has 2 N–H and O–H groups in total. The van der Waals surface area contributed by atoms with Gasteiger partial charge in [0.15, 0.2) is 0 Å². The van der Waals surface area contributed by atoms with E-state index in [1.807, 2.05) is 0 Å². The van der Waals surface area contributed by atoms with Crippen molar-refractivity contribution in [3.63, 3.8) is 0 Å². The van der Waals surface area contributed by atoms with Crippen molar-refractivity contribution in [3.8, 4) is 0 Å². The lowest BCUT2D eigenvalue weighted by Gasteiger charge is -1.93. The maximum atomic E-state index is 5.33. The van der Waals surface area contributed by atoms with Gasteiger partial charge in [-0.1, -0.05) is 6.07 Å². The third-order valence-electron chi connectivity index (χ3n) is 1.88. The molecule has 5 heteroatoms. The van der Waals surface area contributed by atoms with Crippen molar-refractivity contribution in [1.29, 1.82) is 0 Å². The number of nitrogens with zero attached hydrogens (tertiary/aromatic N) is 2. The third-order valence-corrected chi connectivity index (χ3v) is 2.81. The highest BCUT2D eigenvalue weighted by atomic mass is 32.1. The molecule has 0 saturated carbocycles. The van der Waals surface area contributed by atoms with Gasteiger partial charge in [-0.05, 0) is 29.4 Å². The van der Waals surface area contributed by atoms with E-state index in [-0.39, 0.29) is 5.95 Å². The summed E-state index contributed by atoms with van der Waals surface area (Å²) < 4.78 is 4.90. The smallest absolute Gasteiger partial charge is 0.260 e. The fourth-order valence-corrected chi connectivity index (χ4v) is 1.99. The van der Waals surface area contributed by atoms with Crippen LogP contribution < -0.4 is 5.73 Å². The van der Waals surface area contributed by atoms with E-state index in [2.05, 4.69) is 27.7 Å². The molecule has 0 aliphatic rings. The molecule has 0 bridgehead atoms. The van der Waals surface area contributed by atoms with Crippen molar-refractivity contribution in [3.05, 3.63) is 28.3 Å². The Morgan fingerprint density at radius 2 is 2.36 bits per heavy atom. The van der Waals surface area contributed by atoms with E-state index in [0.717, 1.165) is 19.3 Å². The number of nitrogen functional groups attached to an aromatic ring is 1. The molecule has 0 spiro atoms. The van der Waals surface area contributed by atoms with Gasteiger partial charge in [0.25, 0.3) is 5.95 Å². The molecule has 0 amide bonds. The monoisotopic (exact) mass is 209 g/mol. The molecule has 2 aromatic rings. The Morgan fingerprint density at radius 1 is 1.43 bits per heavy atom. The topological polar surface area (TPSA) is 64.9 Å². The average molecular weight is 209 g/mol. The second-order valence-electron chi connectivity index (χ2n) is 2.98. The maximum Gasteiger partial charge on any atom is 0.260 e. The van der Waals surface area contributed by atoms with Crippen molar-refractivity contribution in [2.75, 3.05) is 5.73 Å². The first kappa shape index (κ1) is 9.21. The molecular formula is C9H11N3OS. The highest BCUT2D eigenvalue weighted by molar-refractivity contribution is 7.09. The predicted molar refractivity (Wildman–Crippen MR) is 55.1 cm³/mol. The van der Waals surface area contributed by atoms with Gasteiger partial charge < -0.3 is 10.3 Å². The summed E-state index contributed by atoms with van der Waals surface area (Å²) in [6.45, 7) is 0. The Labute approximate surface area is 85.7 Å².